The van der Waals surface area contributed by atoms with Gasteiger partial charge in [0.2, 0.25) is 0 Å². The lowest BCUT2D eigenvalue weighted by atomic mass is 10.1. The topological polar surface area (TPSA) is 61.4 Å². The Kier molecular flexibility index (Phi) is 6.14. The summed E-state index contributed by atoms with van der Waals surface area (Å²) in [6.07, 6.45) is 1.26. The summed E-state index contributed by atoms with van der Waals surface area (Å²) >= 11 is 0. The molecule has 1 aromatic carbocycles. The molecule has 100 valence electrons. The highest BCUT2D eigenvalue weighted by atomic mass is 19.1. The van der Waals surface area contributed by atoms with Gasteiger partial charge >= 0.3 is 6.03 Å². The van der Waals surface area contributed by atoms with E-state index in [4.69, 9.17) is 5.11 Å². The van der Waals surface area contributed by atoms with Crippen LogP contribution in [0.25, 0.3) is 0 Å². The number of carbonyl (C=O) groups is 1. The molecule has 18 heavy (non-hydrogen) atoms. The largest absolute Gasteiger partial charge is 0.396 e. The van der Waals surface area contributed by atoms with Crippen molar-refractivity contribution in [1.29, 1.82) is 0 Å². The number of amides is 2. The zero-order valence-electron chi connectivity index (χ0n) is 10.4. The van der Waals surface area contributed by atoms with Crippen molar-refractivity contribution >= 4 is 6.03 Å². The molecule has 1 unspecified atom stereocenters. The first-order valence-electron chi connectivity index (χ1n) is 6.06. The number of aliphatic hydroxyl groups excluding tert-OH is 1. The predicted octanol–water partition coefficient (Wildman–Crippen LogP) is 1.79. The second-order valence-electron chi connectivity index (χ2n) is 4.04. The fourth-order valence-electron chi connectivity index (χ4n) is 1.59. The van der Waals surface area contributed by atoms with Crippen LogP contribution in [0.15, 0.2) is 24.3 Å². The minimum absolute atomic E-state index is 0.0338. The Hall–Kier alpha value is -1.62. The van der Waals surface area contributed by atoms with Crippen molar-refractivity contribution in [3.8, 4) is 0 Å². The van der Waals surface area contributed by atoms with Crippen LogP contribution in [0, 0.1) is 5.82 Å². The first kappa shape index (κ1) is 14.4. The van der Waals surface area contributed by atoms with Crippen LogP contribution in [0.5, 0.6) is 0 Å². The smallest absolute Gasteiger partial charge is 0.315 e. The number of aliphatic hydroxyl groups is 1. The van der Waals surface area contributed by atoms with Crippen LogP contribution in [0.1, 0.15) is 25.3 Å². The number of nitrogens with one attached hydrogen (secondary N) is 2. The number of rotatable bonds is 6. The van der Waals surface area contributed by atoms with Gasteiger partial charge < -0.3 is 15.7 Å². The molecule has 1 rings (SSSR count). The molecule has 2 amide bonds. The summed E-state index contributed by atoms with van der Waals surface area (Å²) in [5.74, 6) is -0.333. The molecule has 3 N–H and O–H groups in total. The number of carbonyl (C=O) groups excluding carboxylic acids is 1. The van der Waals surface area contributed by atoms with Gasteiger partial charge in [-0.25, -0.2) is 9.18 Å². The van der Waals surface area contributed by atoms with Gasteiger partial charge in [0.05, 0.1) is 0 Å². The highest BCUT2D eigenvalue weighted by Crippen LogP contribution is 2.05. The molecule has 0 spiro atoms. The molecule has 1 atom stereocenters. The summed E-state index contributed by atoms with van der Waals surface area (Å²) in [5.41, 5.74) is 0.447. The molecule has 0 aromatic heterocycles. The lowest BCUT2D eigenvalue weighted by molar-refractivity contribution is 0.227. The van der Waals surface area contributed by atoms with E-state index in [0.29, 0.717) is 12.0 Å². The van der Waals surface area contributed by atoms with Crippen molar-refractivity contribution < 1.29 is 14.3 Å². The Bertz CT molecular complexity index is 385. The Morgan fingerprint density at radius 3 is 2.78 bits per heavy atom. The van der Waals surface area contributed by atoms with E-state index in [9.17, 15) is 9.18 Å². The minimum atomic E-state index is -0.349. The van der Waals surface area contributed by atoms with Crippen LogP contribution in [0.4, 0.5) is 9.18 Å². The third kappa shape index (κ3) is 4.71. The second kappa shape index (κ2) is 7.66. The molecule has 0 radical (unpaired) electrons. The normalized spacial score (nSPS) is 11.9. The number of hydrogen-bond acceptors (Lipinski definition) is 2. The third-order valence-electron chi connectivity index (χ3n) is 2.70. The van der Waals surface area contributed by atoms with Gasteiger partial charge in [0, 0.05) is 24.8 Å². The molecule has 0 bridgehead atoms. The number of hydrogen-bond donors (Lipinski definition) is 3. The van der Waals surface area contributed by atoms with Crippen LogP contribution >= 0.6 is 0 Å². The van der Waals surface area contributed by atoms with E-state index in [2.05, 4.69) is 10.6 Å². The maximum absolute atomic E-state index is 13.3. The molecule has 4 nitrogen and oxygen atoms in total. The van der Waals surface area contributed by atoms with E-state index in [1.54, 1.807) is 18.2 Å². The standard InChI is InChI=1S/C13H19FN2O2/c1-2-11(7-8-17)16-13(18)15-9-10-5-3-4-6-12(10)14/h3-6,11,17H,2,7-9H2,1H3,(H2,15,16,18). The number of halogens is 1. The Morgan fingerprint density at radius 2 is 2.17 bits per heavy atom. The van der Waals surface area contributed by atoms with Crippen LogP contribution in [0.3, 0.4) is 0 Å². The van der Waals surface area contributed by atoms with Gasteiger partial charge in [-0.05, 0) is 18.9 Å². The van der Waals surface area contributed by atoms with Gasteiger partial charge in [-0.1, -0.05) is 25.1 Å². The highest BCUT2D eigenvalue weighted by Gasteiger charge is 2.09. The molecular formula is C13H19FN2O2. The highest BCUT2D eigenvalue weighted by molar-refractivity contribution is 5.74. The molecule has 0 aliphatic carbocycles. The molecule has 0 fully saturated rings. The first-order valence-corrected chi connectivity index (χ1v) is 6.06. The second-order valence-corrected chi connectivity index (χ2v) is 4.04. The van der Waals surface area contributed by atoms with Crippen molar-refractivity contribution in [2.75, 3.05) is 6.61 Å². The SMILES string of the molecule is CCC(CCO)NC(=O)NCc1ccccc1F. The van der Waals surface area contributed by atoms with Gasteiger partial charge in [0.15, 0.2) is 0 Å². The van der Waals surface area contributed by atoms with E-state index < -0.39 is 0 Å². The Labute approximate surface area is 106 Å². The zero-order valence-corrected chi connectivity index (χ0v) is 10.4. The third-order valence-corrected chi connectivity index (χ3v) is 2.70. The van der Waals surface area contributed by atoms with Crippen molar-refractivity contribution in [2.45, 2.75) is 32.4 Å². The van der Waals surface area contributed by atoms with Crippen LogP contribution in [0.2, 0.25) is 0 Å². The Balaban J connectivity index is 2.39. The average molecular weight is 254 g/mol. The van der Waals surface area contributed by atoms with Crippen molar-refractivity contribution in [2.24, 2.45) is 0 Å². The number of benzene rings is 1. The van der Waals surface area contributed by atoms with Gasteiger partial charge in [0.1, 0.15) is 5.82 Å². The van der Waals surface area contributed by atoms with E-state index in [1.807, 2.05) is 6.92 Å². The molecule has 5 heteroatoms. The zero-order chi connectivity index (χ0) is 13.4. The average Bonchev–Trinajstić information content (AvgIpc) is 2.37. The molecule has 0 heterocycles. The molecule has 1 aromatic rings. The minimum Gasteiger partial charge on any atom is -0.396 e. The summed E-state index contributed by atoms with van der Waals surface area (Å²) in [7, 11) is 0. The Morgan fingerprint density at radius 1 is 1.44 bits per heavy atom. The van der Waals surface area contributed by atoms with Crippen LogP contribution in [-0.4, -0.2) is 23.8 Å². The molecule has 0 aliphatic rings. The van der Waals surface area contributed by atoms with E-state index in [-0.39, 0.29) is 31.0 Å². The number of urea groups is 1. The maximum Gasteiger partial charge on any atom is 0.315 e. The van der Waals surface area contributed by atoms with E-state index in [0.717, 1.165) is 6.42 Å². The first-order chi connectivity index (χ1) is 8.67. The lowest BCUT2D eigenvalue weighted by Crippen LogP contribution is -2.42. The van der Waals surface area contributed by atoms with E-state index in [1.165, 1.54) is 6.07 Å². The summed E-state index contributed by atoms with van der Waals surface area (Å²) in [5, 5.41) is 14.1. The summed E-state index contributed by atoms with van der Waals surface area (Å²) < 4.78 is 13.3. The van der Waals surface area contributed by atoms with Gasteiger partial charge in [-0.3, -0.25) is 0 Å². The van der Waals surface area contributed by atoms with E-state index >= 15 is 0 Å². The fourth-order valence-corrected chi connectivity index (χ4v) is 1.59. The quantitative estimate of drug-likeness (QED) is 0.724. The predicted molar refractivity (Wildman–Crippen MR) is 67.6 cm³/mol. The van der Waals surface area contributed by atoms with Gasteiger partial charge in [-0.2, -0.15) is 0 Å². The lowest BCUT2D eigenvalue weighted by Gasteiger charge is -2.16. The molecule has 0 saturated heterocycles. The fraction of sp³-hybridized carbons (Fsp3) is 0.462. The summed E-state index contributed by atoms with van der Waals surface area (Å²) in [6.45, 7) is 2.11. The van der Waals surface area contributed by atoms with Gasteiger partial charge in [-0.15, -0.1) is 0 Å². The molecular weight excluding hydrogens is 235 g/mol. The maximum atomic E-state index is 13.3. The van der Waals surface area contributed by atoms with Crippen molar-refractivity contribution in [3.05, 3.63) is 35.6 Å². The summed E-state index contributed by atoms with van der Waals surface area (Å²) in [4.78, 5) is 11.5. The summed E-state index contributed by atoms with van der Waals surface area (Å²) in [6, 6.07) is 5.90. The molecule has 0 saturated carbocycles. The van der Waals surface area contributed by atoms with Crippen molar-refractivity contribution in [3.63, 3.8) is 0 Å². The monoisotopic (exact) mass is 254 g/mol. The van der Waals surface area contributed by atoms with Crippen LogP contribution < -0.4 is 10.6 Å². The molecule has 0 aliphatic heterocycles. The van der Waals surface area contributed by atoms with Crippen molar-refractivity contribution in [1.82, 2.24) is 10.6 Å². The van der Waals surface area contributed by atoms with Crippen LogP contribution in [-0.2, 0) is 6.54 Å². The van der Waals surface area contributed by atoms with Gasteiger partial charge in [0.25, 0.3) is 0 Å².